The summed E-state index contributed by atoms with van der Waals surface area (Å²) in [7, 11) is 1.78. The summed E-state index contributed by atoms with van der Waals surface area (Å²) in [5.41, 5.74) is 0. The highest BCUT2D eigenvalue weighted by Crippen LogP contribution is 2.07. The molecular weight excluding hydrogens is 208 g/mol. The molecule has 0 heterocycles. The highest BCUT2D eigenvalue weighted by Gasteiger charge is 1.89. The number of rotatable bonds is 13. The van der Waals surface area contributed by atoms with Gasteiger partial charge in [0.05, 0.1) is 0 Å². The van der Waals surface area contributed by atoms with E-state index >= 15 is 0 Å². The van der Waals surface area contributed by atoms with Crippen LogP contribution in [0, 0.1) is 0 Å². The lowest BCUT2D eigenvalue weighted by Crippen LogP contribution is -1.87. The average Bonchev–Trinajstić information content (AvgIpc) is 2.35. The average molecular weight is 240 g/mol. The molecule has 0 amide bonds. The van der Waals surface area contributed by atoms with Crippen molar-refractivity contribution in [3.63, 3.8) is 0 Å². The molecule has 0 rings (SSSR count). The topological polar surface area (TPSA) is 9.23 Å². The van der Waals surface area contributed by atoms with Crippen LogP contribution in [0.2, 0.25) is 0 Å². The van der Waals surface area contributed by atoms with Crippen LogP contribution in [0.1, 0.15) is 77.6 Å². The lowest BCUT2D eigenvalue weighted by atomic mass is 10.1. The maximum absolute atomic E-state index is 5.03. The van der Waals surface area contributed by atoms with Gasteiger partial charge in [-0.2, -0.15) is 0 Å². The van der Waals surface area contributed by atoms with Gasteiger partial charge in [-0.15, -0.1) is 0 Å². The Hall–Kier alpha value is -0.300. The number of hydrogen-bond acceptors (Lipinski definition) is 1. The van der Waals surface area contributed by atoms with E-state index in [2.05, 4.69) is 19.1 Å². The molecular formula is C16H32O. The van der Waals surface area contributed by atoms with Crippen LogP contribution in [-0.4, -0.2) is 13.7 Å². The number of ether oxygens (including phenoxy) is 1. The SMILES string of the molecule is CCCCCCC/C=C\CCCCCCOC. The zero-order chi connectivity index (χ0) is 12.6. The van der Waals surface area contributed by atoms with Gasteiger partial charge >= 0.3 is 0 Å². The van der Waals surface area contributed by atoms with Gasteiger partial charge in [-0.25, -0.2) is 0 Å². The van der Waals surface area contributed by atoms with Crippen LogP contribution in [0.5, 0.6) is 0 Å². The van der Waals surface area contributed by atoms with Crippen LogP contribution in [-0.2, 0) is 4.74 Å². The Balaban J connectivity index is 2.99. The Kier molecular flexibility index (Phi) is 15.4. The van der Waals surface area contributed by atoms with Crippen molar-refractivity contribution in [2.24, 2.45) is 0 Å². The van der Waals surface area contributed by atoms with Gasteiger partial charge in [-0.3, -0.25) is 0 Å². The van der Waals surface area contributed by atoms with E-state index in [1.807, 2.05) is 0 Å². The maximum atomic E-state index is 5.03. The minimum Gasteiger partial charge on any atom is -0.385 e. The van der Waals surface area contributed by atoms with Crippen molar-refractivity contribution in [3.8, 4) is 0 Å². The summed E-state index contributed by atoms with van der Waals surface area (Å²) in [6.07, 6.45) is 19.5. The molecule has 0 aliphatic heterocycles. The van der Waals surface area contributed by atoms with E-state index in [4.69, 9.17) is 4.74 Å². The second-order valence-electron chi connectivity index (χ2n) is 4.87. The normalized spacial score (nSPS) is 11.4. The molecule has 0 unspecified atom stereocenters. The van der Waals surface area contributed by atoms with E-state index in [1.54, 1.807) is 7.11 Å². The fourth-order valence-corrected chi connectivity index (χ4v) is 1.96. The molecule has 0 saturated heterocycles. The third-order valence-corrected chi connectivity index (χ3v) is 3.11. The zero-order valence-electron chi connectivity index (χ0n) is 12.0. The van der Waals surface area contributed by atoms with E-state index in [0.717, 1.165) is 6.61 Å². The molecule has 0 aromatic carbocycles. The molecule has 0 aromatic rings. The van der Waals surface area contributed by atoms with Crippen LogP contribution in [0.4, 0.5) is 0 Å². The largest absolute Gasteiger partial charge is 0.385 e. The molecule has 0 atom stereocenters. The van der Waals surface area contributed by atoms with E-state index in [9.17, 15) is 0 Å². The van der Waals surface area contributed by atoms with Crippen LogP contribution < -0.4 is 0 Å². The number of methoxy groups -OCH3 is 1. The fraction of sp³-hybridized carbons (Fsp3) is 0.875. The van der Waals surface area contributed by atoms with E-state index < -0.39 is 0 Å². The summed E-state index contributed by atoms with van der Waals surface area (Å²) in [5, 5.41) is 0. The highest BCUT2D eigenvalue weighted by atomic mass is 16.5. The zero-order valence-corrected chi connectivity index (χ0v) is 12.0. The van der Waals surface area contributed by atoms with E-state index in [0.29, 0.717) is 0 Å². The van der Waals surface area contributed by atoms with Crippen molar-refractivity contribution < 1.29 is 4.74 Å². The lowest BCUT2D eigenvalue weighted by molar-refractivity contribution is 0.192. The van der Waals surface area contributed by atoms with Gasteiger partial charge in [0.1, 0.15) is 0 Å². The van der Waals surface area contributed by atoms with Crippen molar-refractivity contribution in [2.45, 2.75) is 77.6 Å². The second kappa shape index (κ2) is 15.7. The number of hydrogen-bond donors (Lipinski definition) is 0. The van der Waals surface area contributed by atoms with Crippen molar-refractivity contribution in [3.05, 3.63) is 12.2 Å². The van der Waals surface area contributed by atoms with E-state index in [-0.39, 0.29) is 0 Å². The van der Waals surface area contributed by atoms with Gasteiger partial charge in [0, 0.05) is 13.7 Å². The quantitative estimate of drug-likeness (QED) is 0.305. The first-order valence-corrected chi connectivity index (χ1v) is 7.55. The van der Waals surface area contributed by atoms with Gasteiger partial charge in [0.2, 0.25) is 0 Å². The van der Waals surface area contributed by atoms with Crippen LogP contribution in [0.15, 0.2) is 12.2 Å². The minimum absolute atomic E-state index is 0.924. The van der Waals surface area contributed by atoms with Crippen LogP contribution in [0.3, 0.4) is 0 Å². The first-order chi connectivity index (χ1) is 8.41. The predicted octanol–water partition coefficient (Wildman–Crippen LogP) is 5.50. The second-order valence-corrected chi connectivity index (χ2v) is 4.87. The fourth-order valence-electron chi connectivity index (χ4n) is 1.96. The van der Waals surface area contributed by atoms with Crippen LogP contribution in [0.25, 0.3) is 0 Å². The molecule has 0 saturated carbocycles. The Labute approximate surface area is 109 Å². The summed E-state index contributed by atoms with van der Waals surface area (Å²) >= 11 is 0. The molecule has 0 N–H and O–H groups in total. The molecule has 102 valence electrons. The molecule has 1 nitrogen and oxygen atoms in total. The Morgan fingerprint density at radius 1 is 0.706 bits per heavy atom. The van der Waals surface area contributed by atoms with Crippen molar-refractivity contribution in [2.75, 3.05) is 13.7 Å². The first-order valence-electron chi connectivity index (χ1n) is 7.55. The summed E-state index contributed by atoms with van der Waals surface area (Å²) in [5.74, 6) is 0. The third kappa shape index (κ3) is 15.7. The maximum Gasteiger partial charge on any atom is 0.0462 e. The van der Waals surface area contributed by atoms with Crippen molar-refractivity contribution in [1.29, 1.82) is 0 Å². The Morgan fingerprint density at radius 2 is 1.24 bits per heavy atom. The van der Waals surface area contributed by atoms with Crippen molar-refractivity contribution >= 4 is 0 Å². The first kappa shape index (κ1) is 16.7. The Bertz CT molecular complexity index is 152. The summed E-state index contributed by atoms with van der Waals surface area (Å²) in [4.78, 5) is 0. The standard InChI is InChI=1S/C16H32O/c1-3-4-5-6-7-8-9-10-11-12-13-14-15-16-17-2/h9-10H,3-8,11-16H2,1-2H3/b10-9-. The van der Waals surface area contributed by atoms with Crippen molar-refractivity contribution in [1.82, 2.24) is 0 Å². The number of unbranched alkanes of at least 4 members (excludes halogenated alkanes) is 9. The lowest BCUT2D eigenvalue weighted by Gasteiger charge is -1.98. The van der Waals surface area contributed by atoms with Gasteiger partial charge in [-0.1, -0.05) is 57.6 Å². The molecule has 0 aromatic heterocycles. The summed E-state index contributed by atoms with van der Waals surface area (Å²) in [6.45, 7) is 3.19. The molecule has 0 aliphatic rings. The number of allylic oxidation sites excluding steroid dienone is 2. The monoisotopic (exact) mass is 240 g/mol. The molecule has 1 heteroatoms. The predicted molar refractivity (Wildman–Crippen MR) is 77.5 cm³/mol. The van der Waals surface area contributed by atoms with Gasteiger partial charge in [0.25, 0.3) is 0 Å². The Morgan fingerprint density at radius 3 is 1.76 bits per heavy atom. The molecule has 0 fully saturated rings. The molecule has 0 aliphatic carbocycles. The van der Waals surface area contributed by atoms with Gasteiger partial charge in [0.15, 0.2) is 0 Å². The molecule has 0 spiro atoms. The third-order valence-electron chi connectivity index (χ3n) is 3.11. The minimum atomic E-state index is 0.924. The summed E-state index contributed by atoms with van der Waals surface area (Å²) < 4.78 is 5.03. The molecule has 0 radical (unpaired) electrons. The molecule has 0 bridgehead atoms. The molecule has 17 heavy (non-hydrogen) atoms. The summed E-state index contributed by atoms with van der Waals surface area (Å²) in [6, 6.07) is 0. The van der Waals surface area contributed by atoms with Crippen LogP contribution >= 0.6 is 0 Å². The van der Waals surface area contributed by atoms with E-state index in [1.165, 1.54) is 70.6 Å². The smallest absolute Gasteiger partial charge is 0.0462 e. The highest BCUT2D eigenvalue weighted by molar-refractivity contribution is 4.81. The van der Waals surface area contributed by atoms with Gasteiger partial charge in [-0.05, 0) is 32.1 Å². The van der Waals surface area contributed by atoms with Gasteiger partial charge < -0.3 is 4.74 Å².